The van der Waals surface area contributed by atoms with Crippen molar-refractivity contribution in [3.63, 3.8) is 0 Å². The highest BCUT2D eigenvalue weighted by molar-refractivity contribution is 7.15. The van der Waals surface area contributed by atoms with Crippen molar-refractivity contribution in [3.05, 3.63) is 53.6 Å². The lowest BCUT2D eigenvalue weighted by molar-refractivity contribution is -0.159. The van der Waals surface area contributed by atoms with E-state index < -0.39 is 12.1 Å². The van der Waals surface area contributed by atoms with Crippen LogP contribution in [0.25, 0.3) is 10.7 Å². The van der Waals surface area contributed by atoms with Crippen LogP contribution in [0.1, 0.15) is 10.8 Å². The molecule has 0 spiro atoms. The van der Waals surface area contributed by atoms with Crippen LogP contribution >= 0.6 is 11.3 Å². The molecule has 0 aliphatic carbocycles. The van der Waals surface area contributed by atoms with Crippen molar-refractivity contribution in [3.8, 4) is 10.7 Å². The number of halogens is 3. The molecule has 0 fully saturated rings. The molecule has 1 aliphatic rings. The van der Waals surface area contributed by atoms with E-state index >= 15 is 0 Å². The number of aliphatic imine (C=N–C) groups is 1. The third-order valence-corrected chi connectivity index (χ3v) is 4.66. The molecule has 27 heavy (non-hydrogen) atoms. The largest absolute Gasteiger partial charge is 0.471 e. The van der Waals surface area contributed by atoms with Gasteiger partial charge in [0.05, 0.1) is 17.1 Å². The average Bonchev–Trinajstić information content (AvgIpc) is 3.36. The molecule has 0 bridgehead atoms. The zero-order valence-corrected chi connectivity index (χ0v) is 14.3. The molecule has 0 amide bonds. The highest BCUT2D eigenvalue weighted by atomic mass is 32.1. The van der Waals surface area contributed by atoms with E-state index in [-0.39, 0.29) is 11.9 Å². The smallest absolute Gasteiger partial charge is 0.329 e. The van der Waals surface area contributed by atoms with Gasteiger partial charge >= 0.3 is 12.1 Å². The molecule has 1 atom stereocenters. The molecule has 3 aromatic rings. The molecule has 1 unspecified atom stereocenters. The Bertz CT molecular complexity index is 995. The maximum Gasteiger partial charge on any atom is 0.471 e. The average molecular weight is 392 g/mol. The number of hydrogen-bond acceptors (Lipinski definition) is 8. The topological polar surface area (TPSA) is 89.1 Å². The molecule has 0 aromatic carbocycles. The minimum absolute atomic E-state index is 0.0750. The number of rotatable bonds is 4. The fourth-order valence-electron chi connectivity index (χ4n) is 2.40. The Morgan fingerprint density at radius 1 is 1.22 bits per heavy atom. The molecule has 0 saturated heterocycles. The first-order valence-corrected chi connectivity index (χ1v) is 8.58. The zero-order chi connectivity index (χ0) is 18.9. The summed E-state index contributed by atoms with van der Waals surface area (Å²) in [6.45, 7) is 0. The Balaban J connectivity index is 1.41. The molecule has 7 nitrogen and oxygen atoms in total. The first kappa shape index (κ1) is 17.3. The van der Waals surface area contributed by atoms with E-state index in [9.17, 15) is 13.2 Å². The normalized spacial score (nSPS) is 16.6. The summed E-state index contributed by atoms with van der Waals surface area (Å²) < 4.78 is 41.9. The monoisotopic (exact) mass is 392 g/mol. The first-order chi connectivity index (χ1) is 13.0. The number of aromatic nitrogens is 4. The fourth-order valence-corrected chi connectivity index (χ4v) is 3.38. The lowest BCUT2D eigenvalue weighted by Gasteiger charge is -2.04. The molecule has 4 heterocycles. The maximum absolute atomic E-state index is 12.6. The van der Waals surface area contributed by atoms with Gasteiger partial charge in [-0.25, -0.2) is 4.98 Å². The number of hydrogen-bond donors (Lipinski definition) is 1. The van der Waals surface area contributed by atoms with Crippen molar-refractivity contribution < 1.29 is 17.7 Å². The summed E-state index contributed by atoms with van der Waals surface area (Å²) in [5.41, 5.74) is 0. The van der Waals surface area contributed by atoms with Crippen molar-refractivity contribution in [1.29, 1.82) is 0 Å². The fraction of sp³-hybridized carbons (Fsp3) is 0.188. The lowest BCUT2D eigenvalue weighted by atomic mass is 10.2. The number of alkyl halides is 3. The van der Waals surface area contributed by atoms with Crippen LogP contribution in [0.4, 0.5) is 19.0 Å². The van der Waals surface area contributed by atoms with Gasteiger partial charge in [0.1, 0.15) is 11.7 Å². The van der Waals surface area contributed by atoms with Gasteiger partial charge in [-0.2, -0.15) is 18.2 Å². The predicted molar refractivity (Wildman–Crippen MR) is 92.3 cm³/mol. The minimum atomic E-state index is -4.65. The predicted octanol–water partition coefficient (Wildman–Crippen LogP) is 3.60. The SMILES string of the molecule is FC(F)(F)c1nc(-c2ccc(CC3C=CC(Nc4cnccn4)=N3)s2)no1. The van der Waals surface area contributed by atoms with Crippen LogP contribution in [0.3, 0.4) is 0 Å². The van der Waals surface area contributed by atoms with Crippen LogP contribution < -0.4 is 5.32 Å². The van der Waals surface area contributed by atoms with Crippen molar-refractivity contribution in [2.45, 2.75) is 18.6 Å². The van der Waals surface area contributed by atoms with Crippen LogP contribution in [0.5, 0.6) is 0 Å². The number of nitrogens with one attached hydrogen (secondary N) is 1. The van der Waals surface area contributed by atoms with E-state index in [2.05, 4.69) is 34.9 Å². The summed E-state index contributed by atoms with van der Waals surface area (Å²) >= 11 is 1.30. The molecular weight excluding hydrogens is 381 g/mol. The Morgan fingerprint density at radius 2 is 2.11 bits per heavy atom. The molecule has 1 N–H and O–H groups in total. The third kappa shape index (κ3) is 4.03. The third-order valence-electron chi connectivity index (χ3n) is 3.56. The van der Waals surface area contributed by atoms with E-state index in [4.69, 9.17) is 0 Å². The summed E-state index contributed by atoms with van der Waals surface area (Å²) in [5, 5.41) is 6.46. The number of thiophene rings is 1. The maximum atomic E-state index is 12.6. The number of anilines is 1. The van der Waals surface area contributed by atoms with Crippen LogP contribution in [0.2, 0.25) is 0 Å². The Labute approximate surface area is 154 Å². The van der Waals surface area contributed by atoms with Crippen molar-refractivity contribution in [2.75, 3.05) is 5.32 Å². The highest BCUT2D eigenvalue weighted by Gasteiger charge is 2.38. The zero-order valence-electron chi connectivity index (χ0n) is 13.5. The van der Waals surface area contributed by atoms with Crippen molar-refractivity contribution >= 4 is 23.0 Å². The number of nitrogens with zero attached hydrogens (tertiary/aromatic N) is 5. The van der Waals surface area contributed by atoms with E-state index in [1.807, 2.05) is 18.2 Å². The van der Waals surface area contributed by atoms with Gasteiger partial charge in [-0.15, -0.1) is 11.3 Å². The summed E-state index contributed by atoms with van der Waals surface area (Å²) in [7, 11) is 0. The summed E-state index contributed by atoms with van der Waals surface area (Å²) in [5.74, 6) is -0.160. The van der Waals surface area contributed by atoms with Crippen molar-refractivity contribution in [2.24, 2.45) is 4.99 Å². The summed E-state index contributed by atoms with van der Waals surface area (Å²) in [6, 6.07) is 3.42. The first-order valence-electron chi connectivity index (χ1n) is 7.76. The van der Waals surface area contributed by atoms with E-state index in [0.29, 0.717) is 23.0 Å². The van der Waals surface area contributed by atoms with Gasteiger partial charge in [0.15, 0.2) is 0 Å². The Morgan fingerprint density at radius 3 is 2.85 bits per heavy atom. The Hall–Kier alpha value is -3.08. The van der Waals surface area contributed by atoms with Crippen LogP contribution in [0.15, 0.2) is 52.4 Å². The van der Waals surface area contributed by atoms with Gasteiger partial charge in [0.25, 0.3) is 0 Å². The molecule has 138 valence electrons. The van der Waals surface area contributed by atoms with Crippen molar-refractivity contribution in [1.82, 2.24) is 20.1 Å². The second-order valence-corrected chi connectivity index (χ2v) is 6.72. The number of amidine groups is 1. The highest BCUT2D eigenvalue weighted by Crippen LogP contribution is 2.32. The van der Waals surface area contributed by atoms with E-state index in [1.54, 1.807) is 24.7 Å². The van der Waals surface area contributed by atoms with Crippen LogP contribution in [-0.4, -0.2) is 32.0 Å². The standard InChI is InChI=1S/C16H11F3N6OS/c17-16(18,19)15-24-14(25-26-15)11-3-2-10(27-11)7-9-1-4-12(22-9)23-13-8-20-5-6-21-13/h1-6,8-9H,7H2,(H,21,22,23). The molecule has 3 aromatic heterocycles. The van der Waals surface area contributed by atoms with Gasteiger partial charge in [-0.05, 0) is 18.2 Å². The molecule has 11 heteroatoms. The van der Waals surface area contributed by atoms with E-state index in [1.165, 1.54) is 11.3 Å². The second-order valence-electron chi connectivity index (χ2n) is 5.55. The van der Waals surface area contributed by atoms with Gasteiger partial charge in [-0.3, -0.25) is 9.98 Å². The molecular formula is C16H11F3N6OS. The van der Waals surface area contributed by atoms with Gasteiger partial charge in [0, 0.05) is 23.7 Å². The second kappa shape index (κ2) is 6.91. The van der Waals surface area contributed by atoms with E-state index in [0.717, 1.165) is 4.88 Å². The summed E-state index contributed by atoms with van der Waals surface area (Å²) in [4.78, 5) is 17.5. The van der Waals surface area contributed by atoms with Gasteiger partial charge in [0.2, 0.25) is 5.82 Å². The quantitative estimate of drug-likeness (QED) is 0.730. The van der Waals surface area contributed by atoms with Gasteiger partial charge < -0.3 is 9.84 Å². The van der Waals surface area contributed by atoms with Gasteiger partial charge in [-0.1, -0.05) is 11.2 Å². The summed E-state index contributed by atoms with van der Waals surface area (Å²) in [6.07, 6.45) is 4.49. The molecule has 1 aliphatic heterocycles. The Kier molecular flexibility index (Phi) is 4.44. The van der Waals surface area contributed by atoms with Crippen LogP contribution in [0, 0.1) is 0 Å². The molecule has 0 radical (unpaired) electrons. The lowest BCUT2D eigenvalue weighted by Crippen LogP contribution is -2.10. The minimum Gasteiger partial charge on any atom is -0.329 e. The molecule has 4 rings (SSSR count). The molecule has 0 saturated carbocycles. The van der Waals surface area contributed by atoms with Crippen LogP contribution in [-0.2, 0) is 12.6 Å².